The van der Waals surface area contributed by atoms with Crippen LogP contribution in [0.25, 0.3) is 0 Å². The van der Waals surface area contributed by atoms with Gasteiger partial charge in [-0.1, -0.05) is 11.3 Å². The maximum Gasteiger partial charge on any atom is 0.185 e. The molecule has 0 bridgehead atoms. The van der Waals surface area contributed by atoms with Gasteiger partial charge in [0.05, 0.1) is 22.8 Å². The summed E-state index contributed by atoms with van der Waals surface area (Å²) in [6, 6.07) is 0. The minimum absolute atomic E-state index is 0.392. The Kier molecular flexibility index (Phi) is 4.01. The summed E-state index contributed by atoms with van der Waals surface area (Å²) in [6.45, 7) is 5.74. The zero-order valence-corrected chi connectivity index (χ0v) is 11.5. The van der Waals surface area contributed by atoms with Gasteiger partial charge in [0.1, 0.15) is 0 Å². The van der Waals surface area contributed by atoms with Crippen LogP contribution in [0.4, 0.5) is 5.13 Å². The molecule has 1 saturated heterocycles. The van der Waals surface area contributed by atoms with Gasteiger partial charge in [-0.15, -0.1) is 0 Å². The van der Waals surface area contributed by atoms with Crippen LogP contribution in [0.1, 0.15) is 36.4 Å². The molecular weight excluding hydrogens is 236 g/mol. The third kappa shape index (κ3) is 2.78. The van der Waals surface area contributed by atoms with Crippen LogP contribution in [0.5, 0.6) is 0 Å². The van der Waals surface area contributed by atoms with Crippen molar-refractivity contribution < 1.29 is 9.84 Å². The molecule has 1 atom stereocenters. The van der Waals surface area contributed by atoms with Gasteiger partial charge in [0.2, 0.25) is 0 Å². The number of aliphatic hydroxyl groups is 1. The van der Waals surface area contributed by atoms with Crippen LogP contribution in [0.15, 0.2) is 0 Å². The fourth-order valence-electron chi connectivity index (χ4n) is 2.20. The standard InChI is InChI=1S/C12H20N2O2S/c1-8-11(9(2)15)17-12(13-8)14-6-4-10(16-3)5-7-14/h9-10,15H,4-7H2,1-3H3. The fourth-order valence-corrected chi connectivity index (χ4v) is 3.25. The molecule has 1 aliphatic rings. The van der Waals surface area contributed by atoms with Gasteiger partial charge >= 0.3 is 0 Å². The highest BCUT2D eigenvalue weighted by Gasteiger charge is 2.22. The molecule has 0 saturated carbocycles. The van der Waals surface area contributed by atoms with Crippen molar-refractivity contribution in [3.63, 3.8) is 0 Å². The molecule has 1 fully saturated rings. The van der Waals surface area contributed by atoms with E-state index in [0.29, 0.717) is 6.10 Å². The van der Waals surface area contributed by atoms with Gasteiger partial charge in [0.15, 0.2) is 5.13 Å². The number of thiazole rings is 1. The summed E-state index contributed by atoms with van der Waals surface area (Å²) in [7, 11) is 1.78. The van der Waals surface area contributed by atoms with E-state index in [-0.39, 0.29) is 0 Å². The largest absolute Gasteiger partial charge is 0.388 e. The molecule has 4 nitrogen and oxygen atoms in total. The minimum atomic E-state index is -0.419. The first-order valence-corrected chi connectivity index (χ1v) is 6.86. The Balaban J connectivity index is 2.06. The molecule has 1 aromatic rings. The lowest BCUT2D eigenvalue weighted by Gasteiger charge is -2.30. The molecule has 2 heterocycles. The summed E-state index contributed by atoms with van der Waals surface area (Å²) < 4.78 is 5.36. The van der Waals surface area contributed by atoms with E-state index in [1.54, 1.807) is 25.4 Å². The maximum atomic E-state index is 9.63. The van der Waals surface area contributed by atoms with E-state index >= 15 is 0 Å². The van der Waals surface area contributed by atoms with Crippen molar-refractivity contribution in [2.75, 3.05) is 25.1 Å². The van der Waals surface area contributed by atoms with Gasteiger partial charge in [0, 0.05) is 20.2 Å². The van der Waals surface area contributed by atoms with Crippen LogP contribution in [0.3, 0.4) is 0 Å². The van der Waals surface area contributed by atoms with Crippen molar-refractivity contribution in [3.05, 3.63) is 10.6 Å². The van der Waals surface area contributed by atoms with E-state index in [2.05, 4.69) is 9.88 Å². The quantitative estimate of drug-likeness (QED) is 0.900. The van der Waals surface area contributed by atoms with E-state index in [9.17, 15) is 5.11 Å². The number of methoxy groups -OCH3 is 1. The lowest BCUT2D eigenvalue weighted by molar-refractivity contribution is 0.0819. The smallest absolute Gasteiger partial charge is 0.185 e. The number of nitrogens with zero attached hydrogens (tertiary/aromatic N) is 2. The number of hydrogen-bond acceptors (Lipinski definition) is 5. The van der Waals surface area contributed by atoms with Crippen LogP contribution in [0.2, 0.25) is 0 Å². The van der Waals surface area contributed by atoms with E-state index in [1.807, 2.05) is 6.92 Å². The van der Waals surface area contributed by atoms with Gasteiger partial charge in [-0.2, -0.15) is 0 Å². The number of aryl methyl sites for hydroxylation is 1. The second-order valence-corrected chi connectivity index (χ2v) is 5.55. The zero-order valence-electron chi connectivity index (χ0n) is 10.6. The van der Waals surface area contributed by atoms with Gasteiger partial charge in [0.25, 0.3) is 0 Å². The van der Waals surface area contributed by atoms with Crippen molar-refractivity contribution in [1.29, 1.82) is 0 Å². The fraction of sp³-hybridized carbons (Fsp3) is 0.750. The predicted octanol–water partition coefficient (Wildman–Crippen LogP) is 2.12. The van der Waals surface area contributed by atoms with Gasteiger partial charge in [-0.25, -0.2) is 4.98 Å². The molecule has 0 radical (unpaired) electrons. The third-order valence-corrected chi connectivity index (χ3v) is 4.63. The summed E-state index contributed by atoms with van der Waals surface area (Å²) in [5, 5.41) is 10.7. The summed E-state index contributed by atoms with van der Waals surface area (Å²) >= 11 is 1.61. The summed E-state index contributed by atoms with van der Waals surface area (Å²) in [6.07, 6.45) is 2.08. The molecule has 1 aromatic heterocycles. The minimum Gasteiger partial charge on any atom is -0.388 e. The Bertz CT molecular complexity index is 371. The van der Waals surface area contributed by atoms with E-state index in [4.69, 9.17) is 4.74 Å². The number of aromatic nitrogens is 1. The Morgan fingerprint density at radius 1 is 1.47 bits per heavy atom. The van der Waals surface area contributed by atoms with Gasteiger partial charge in [-0.05, 0) is 26.7 Å². The van der Waals surface area contributed by atoms with Crippen molar-refractivity contribution in [3.8, 4) is 0 Å². The highest BCUT2D eigenvalue weighted by Crippen LogP contribution is 2.32. The topological polar surface area (TPSA) is 45.6 Å². The molecule has 5 heteroatoms. The lowest BCUT2D eigenvalue weighted by atomic mass is 10.1. The Morgan fingerprint density at radius 3 is 2.59 bits per heavy atom. The second-order valence-electron chi connectivity index (χ2n) is 4.54. The van der Waals surface area contributed by atoms with Crippen molar-refractivity contribution >= 4 is 16.5 Å². The average molecular weight is 256 g/mol. The Hall–Kier alpha value is -0.650. The van der Waals surface area contributed by atoms with Crippen LogP contribution in [-0.4, -0.2) is 36.4 Å². The molecule has 0 spiro atoms. The summed E-state index contributed by atoms with van der Waals surface area (Å²) in [4.78, 5) is 7.82. The van der Waals surface area contributed by atoms with E-state index < -0.39 is 6.10 Å². The SMILES string of the molecule is COC1CCN(c2nc(C)c(C(C)O)s2)CC1. The first-order chi connectivity index (χ1) is 8.11. The highest BCUT2D eigenvalue weighted by atomic mass is 32.1. The summed E-state index contributed by atoms with van der Waals surface area (Å²) in [5.74, 6) is 0. The normalized spacial score (nSPS) is 19.6. The summed E-state index contributed by atoms with van der Waals surface area (Å²) in [5.41, 5.74) is 0.953. The Labute approximate surface area is 106 Å². The molecule has 1 N–H and O–H groups in total. The molecule has 0 amide bonds. The number of piperidine rings is 1. The zero-order chi connectivity index (χ0) is 12.4. The van der Waals surface area contributed by atoms with Crippen molar-refractivity contribution in [2.45, 2.75) is 38.9 Å². The lowest BCUT2D eigenvalue weighted by Crippen LogP contribution is -2.36. The highest BCUT2D eigenvalue weighted by molar-refractivity contribution is 7.15. The first-order valence-electron chi connectivity index (χ1n) is 6.05. The molecule has 1 aliphatic heterocycles. The number of ether oxygens (including phenoxy) is 1. The Morgan fingerprint density at radius 2 is 2.12 bits per heavy atom. The second kappa shape index (κ2) is 5.33. The van der Waals surface area contributed by atoms with Crippen LogP contribution >= 0.6 is 11.3 Å². The molecule has 1 unspecified atom stereocenters. The number of aliphatic hydroxyl groups excluding tert-OH is 1. The molecule has 96 valence electrons. The molecule has 17 heavy (non-hydrogen) atoms. The third-order valence-electron chi connectivity index (χ3n) is 3.25. The molecule has 2 rings (SSSR count). The van der Waals surface area contributed by atoms with E-state index in [0.717, 1.165) is 41.6 Å². The van der Waals surface area contributed by atoms with E-state index in [1.165, 1.54) is 0 Å². The number of rotatable bonds is 3. The van der Waals surface area contributed by atoms with Crippen molar-refractivity contribution in [2.24, 2.45) is 0 Å². The number of anilines is 1. The van der Waals surface area contributed by atoms with Gasteiger partial charge < -0.3 is 14.7 Å². The molecule has 0 aromatic carbocycles. The number of hydrogen-bond donors (Lipinski definition) is 1. The van der Waals surface area contributed by atoms with Crippen molar-refractivity contribution in [1.82, 2.24) is 4.98 Å². The molecular formula is C12H20N2O2S. The van der Waals surface area contributed by atoms with Gasteiger partial charge in [-0.3, -0.25) is 0 Å². The average Bonchev–Trinajstić information content (AvgIpc) is 2.71. The van der Waals surface area contributed by atoms with Crippen LogP contribution < -0.4 is 4.90 Å². The predicted molar refractivity (Wildman–Crippen MR) is 69.7 cm³/mol. The first kappa shape index (κ1) is 12.8. The monoisotopic (exact) mass is 256 g/mol. The molecule has 0 aliphatic carbocycles. The maximum absolute atomic E-state index is 9.63. The van der Waals surface area contributed by atoms with Crippen LogP contribution in [-0.2, 0) is 4.74 Å². The van der Waals surface area contributed by atoms with Crippen LogP contribution in [0, 0.1) is 6.92 Å².